The van der Waals surface area contributed by atoms with Crippen LogP contribution in [0.4, 0.5) is 11.4 Å². The fourth-order valence-electron chi connectivity index (χ4n) is 3.25. The smallest absolute Gasteiger partial charge is 0.312 e. The number of Topliss-reactive ketones (excluding diaryl/α,β-unsaturated/α-hetero) is 1. The third-order valence-electron chi connectivity index (χ3n) is 4.88. The summed E-state index contributed by atoms with van der Waals surface area (Å²) in [5.41, 5.74) is 0.679. The monoisotopic (exact) mass is 464 g/mol. The molecule has 0 aromatic heterocycles. The van der Waals surface area contributed by atoms with Gasteiger partial charge in [-0.05, 0) is 36.4 Å². The molecule has 0 bridgehead atoms. The molecule has 8 nitrogen and oxygen atoms in total. The third kappa shape index (κ3) is 5.39. The summed E-state index contributed by atoms with van der Waals surface area (Å²) < 4.78 is 5.43. The molecule has 1 aliphatic rings. The van der Waals surface area contributed by atoms with Crippen molar-refractivity contribution < 1.29 is 24.0 Å². The summed E-state index contributed by atoms with van der Waals surface area (Å²) in [7, 11) is 0. The number of rotatable bonds is 8. The molecular weight excluding hydrogens is 447 g/mol. The average molecular weight is 465 g/mol. The number of nitrogens with zero attached hydrogens (tertiary/aromatic N) is 2. The van der Waals surface area contributed by atoms with Gasteiger partial charge >= 0.3 is 5.97 Å². The van der Waals surface area contributed by atoms with Crippen molar-refractivity contribution in [3.63, 3.8) is 0 Å². The molecule has 1 amide bonds. The summed E-state index contributed by atoms with van der Waals surface area (Å²) >= 11 is 11.6. The maximum Gasteiger partial charge on any atom is 0.312 e. The number of anilines is 1. The minimum Gasteiger partial charge on any atom is -0.454 e. The van der Waals surface area contributed by atoms with Crippen LogP contribution in [0.1, 0.15) is 23.2 Å². The maximum absolute atomic E-state index is 12.7. The molecule has 1 heterocycles. The van der Waals surface area contributed by atoms with Gasteiger partial charge < -0.3 is 9.64 Å². The number of halogens is 2. The molecule has 1 fully saturated rings. The van der Waals surface area contributed by atoms with Crippen LogP contribution in [0.3, 0.4) is 0 Å². The molecule has 1 saturated heterocycles. The van der Waals surface area contributed by atoms with Gasteiger partial charge in [0, 0.05) is 53.7 Å². The number of carbonyl (C=O) groups is 3. The van der Waals surface area contributed by atoms with E-state index in [-0.39, 0.29) is 36.9 Å². The minimum atomic E-state index is -1.07. The summed E-state index contributed by atoms with van der Waals surface area (Å²) in [5.74, 6) is -2.04. The lowest BCUT2D eigenvalue weighted by Gasteiger charge is -2.19. The predicted molar refractivity (Wildman–Crippen MR) is 115 cm³/mol. The number of non-ortho nitro benzene ring substituents is 1. The molecule has 162 valence electrons. The number of nitro benzene ring substituents is 1. The zero-order chi connectivity index (χ0) is 22.5. The number of benzene rings is 2. The van der Waals surface area contributed by atoms with Gasteiger partial charge in [0.2, 0.25) is 11.7 Å². The van der Waals surface area contributed by atoms with Crippen LogP contribution < -0.4 is 4.90 Å². The van der Waals surface area contributed by atoms with E-state index in [1.54, 1.807) is 12.1 Å². The van der Waals surface area contributed by atoms with Gasteiger partial charge in [-0.15, -0.1) is 11.6 Å². The van der Waals surface area contributed by atoms with E-state index >= 15 is 0 Å². The lowest BCUT2D eigenvalue weighted by atomic mass is 10.0. The highest BCUT2D eigenvalue weighted by Gasteiger charge is 2.38. The summed E-state index contributed by atoms with van der Waals surface area (Å²) in [6.07, 6.45) is -1.03. The number of carbonyl (C=O) groups excluding carboxylic acids is 3. The second kappa shape index (κ2) is 9.89. The second-order valence-electron chi connectivity index (χ2n) is 6.95. The Morgan fingerprint density at radius 2 is 1.81 bits per heavy atom. The highest BCUT2D eigenvalue weighted by atomic mass is 35.5. The van der Waals surface area contributed by atoms with E-state index in [9.17, 15) is 24.5 Å². The van der Waals surface area contributed by atoms with Gasteiger partial charge in [0.1, 0.15) is 0 Å². The van der Waals surface area contributed by atoms with Crippen molar-refractivity contribution in [3.8, 4) is 0 Å². The van der Waals surface area contributed by atoms with E-state index in [4.69, 9.17) is 27.9 Å². The summed E-state index contributed by atoms with van der Waals surface area (Å²) in [5, 5.41) is 11.3. The number of hydrogen-bond donors (Lipinski definition) is 0. The maximum atomic E-state index is 12.7. The van der Waals surface area contributed by atoms with Crippen LogP contribution in [-0.4, -0.2) is 41.1 Å². The third-order valence-corrected chi connectivity index (χ3v) is 5.35. The number of esters is 1. The number of hydrogen-bond acceptors (Lipinski definition) is 6. The van der Waals surface area contributed by atoms with Crippen molar-refractivity contribution in [2.45, 2.75) is 18.9 Å². The molecule has 1 aliphatic heterocycles. The molecule has 31 heavy (non-hydrogen) atoms. The first kappa shape index (κ1) is 22.7. The topological polar surface area (TPSA) is 107 Å². The highest BCUT2D eigenvalue weighted by molar-refractivity contribution is 6.30. The van der Waals surface area contributed by atoms with Crippen molar-refractivity contribution in [2.75, 3.05) is 17.3 Å². The molecule has 2 aromatic carbocycles. The standard InChI is InChI=1S/C21H18Cl2N2O6/c22-10-9-18(20(27)13-1-3-15(23)4-2-13)31-21(28)14-11-19(26)24(12-14)16-5-7-17(8-6-16)25(29)30/h1-8,14,18H,9-12H2/t14-,18-/m1/s1. The molecular formula is C21H18Cl2N2O6. The molecule has 0 spiro atoms. The Kier molecular flexibility index (Phi) is 7.25. The highest BCUT2D eigenvalue weighted by Crippen LogP contribution is 2.28. The van der Waals surface area contributed by atoms with Crippen molar-refractivity contribution in [1.29, 1.82) is 0 Å². The Bertz CT molecular complexity index is 994. The van der Waals surface area contributed by atoms with Gasteiger partial charge in [-0.2, -0.15) is 0 Å². The SMILES string of the molecule is O=C(O[C@H](CCCl)C(=O)c1ccc(Cl)cc1)[C@@H]1CC(=O)N(c2ccc([N+](=O)[O-])cc2)C1. The molecule has 0 unspecified atom stereocenters. The van der Waals surface area contributed by atoms with Crippen LogP contribution in [0.2, 0.25) is 5.02 Å². The largest absolute Gasteiger partial charge is 0.454 e. The van der Waals surface area contributed by atoms with Gasteiger partial charge in [-0.25, -0.2) is 0 Å². The van der Waals surface area contributed by atoms with Gasteiger partial charge in [0.15, 0.2) is 6.10 Å². The Balaban J connectivity index is 1.68. The lowest BCUT2D eigenvalue weighted by Crippen LogP contribution is -2.32. The van der Waals surface area contributed by atoms with Crippen LogP contribution in [0.15, 0.2) is 48.5 Å². The van der Waals surface area contributed by atoms with Gasteiger partial charge in [0.05, 0.1) is 10.8 Å². The van der Waals surface area contributed by atoms with Crippen LogP contribution in [0.25, 0.3) is 0 Å². The van der Waals surface area contributed by atoms with Crippen LogP contribution in [0, 0.1) is 16.0 Å². The van der Waals surface area contributed by atoms with E-state index in [2.05, 4.69) is 0 Å². The van der Waals surface area contributed by atoms with Crippen molar-refractivity contribution in [3.05, 3.63) is 69.2 Å². The summed E-state index contributed by atoms with van der Waals surface area (Å²) in [6, 6.07) is 11.7. The molecule has 0 radical (unpaired) electrons. The molecule has 3 rings (SSSR count). The molecule has 0 saturated carbocycles. The first-order valence-electron chi connectivity index (χ1n) is 9.41. The normalized spacial score (nSPS) is 16.8. The summed E-state index contributed by atoms with van der Waals surface area (Å²) in [6.45, 7) is 0.0538. The fraction of sp³-hybridized carbons (Fsp3) is 0.286. The van der Waals surface area contributed by atoms with E-state index in [1.165, 1.54) is 41.3 Å². The second-order valence-corrected chi connectivity index (χ2v) is 7.77. The summed E-state index contributed by atoms with van der Waals surface area (Å²) in [4.78, 5) is 49.4. The van der Waals surface area contributed by atoms with E-state index in [0.717, 1.165) is 0 Å². The van der Waals surface area contributed by atoms with Crippen molar-refractivity contribution in [2.24, 2.45) is 5.92 Å². The minimum absolute atomic E-state index is 0.0538. The van der Waals surface area contributed by atoms with E-state index in [1.807, 2.05) is 0 Å². The van der Waals surface area contributed by atoms with Gasteiger partial charge in [-0.3, -0.25) is 24.5 Å². The fourth-order valence-corrected chi connectivity index (χ4v) is 3.57. The molecule has 0 N–H and O–H groups in total. The zero-order valence-electron chi connectivity index (χ0n) is 16.2. The number of amides is 1. The lowest BCUT2D eigenvalue weighted by molar-refractivity contribution is -0.384. The average Bonchev–Trinajstić information content (AvgIpc) is 3.15. The molecule has 2 atom stereocenters. The zero-order valence-corrected chi connectivity index (χ0v) is 17.7. The van der Waals surface area contributed by atoms with E-state index < -0.39 is 28.7 Å². The van der Waals surface area contributed by atoms with Crippen molar-refractivity contribution >= 4 is 52.2 Å². The van der Waals surface area contributed by atoms with Crippen LogP contribution in [0.5, 0.6) is 0 Å². The number of nitro groups is 1. The Labute approximate surface area is 187 Å². The molecule has 10 heteroatoms. The Hall–Kier alpha value is -2.97. The van der Waals surface area contributed by atoms with Crippen molar-refractivity contribution in [1.82, 2.24) is 0 Å². The molecule has 2 aromatic rings. The number of ether oxygens (including phenoxy) is 1. The Morgan fingerprint density at radius 3 is 2.39 bits per heavy atom. The first-order valence-corrected chi connectivity index (χ1v) is 10.3. The van der Waals surface area contributed by atoms with Gasteiger partial charge in [-0.1, -0.05) is 11.6 Å². The predicted octanol–water partition coefficient (Wildman–Crippen LogP) is 4.02. The first-order chi connectivity index (χ1) is 14.8. The quantitative estimate of drug-likeness (QED) is 0.192. The molecule has 0 aliphatic carbocycles. The van der Waals surface area contributed by atoms with Crippen LogP contribution in [-0.2, 0) is 14.3 Å². The number of ketones is 1. The Morgan fingerprint density at radius 1 is 1.16 bits per heavy atom. The number of alkyl halides is 1. The van der Waals surface area contributed by atoms with Crippen LogP contribution >= 0.6 is 23.2 Å². The van der Waals surface area contributed by atoms with E-state index in [0.29, 0.717) is 16.3 Å². The van der Waals surface area contributed by atoms with Gasteiger partial charge in [0.25, 0.3) is 5.69 Å².